The van der Waals surface area contributed by atoms with Gasteiger partial charge in [0.15, 0.2) is 6.61 Å². The molecule has 0 unspecified atom stereocenters. The van der Waals surface area contributed by atoms with Gasteiger partial charge in [-0.1, -0.05) is 62.7 Å². The summed E-state index contributed by atoms with van der Waals surface area (Å²) < 4.78 is 5.76. The lowest BCUT2D eigenvalue weighted by molar-refractivity contribution is -0.143. The number of carbonyl (C=O) groups is 2. The van der Waals surface area contributed by atoms with E-state index in [1.807, 2.05) is 76.2 Å². The average Bonchev–Trinajstić information content (AvgIpc) is 2.78. The van der Waals surface area contributed by atoms with Gasteiger partial charge in [0, 0.05) is 12.6 Å². The van der Waals surface area contributed by atoms with Crippen LogP contribution in [0.15, 0.2) is 48.5 Å². The molecule has 0 aliphatic rings. The molecule has 5 heteroatoms. The fraction of sp³-hybridized carbons (Fsp3) is 0.462. The van der Waals surface area contributed by atoms with Gasteiger partial charge in [0.2, 0.25) is 5.91 Å². The fourth-order valence-electron chi connectivity index (χ4n) is 3.30. The molecule has 0 fully saturated rings. The van der Waals surface area contributed by atoms with Gasteiger partial charge in [0.1, 0.15) is 11.8 Å². The molecule has 2 amide bonds. The lowest BCUT2D eigenvalue weighted by atomic mass is 10.1. The van der Waals surface area contributed by atoms with E-state index in [1.54, 1.807) is 4.90 Å². The minimum Gasteiger partial charge on any atom is -0.484 e. The molecule has 1 N–H and O–H groups in total. The van der Waals surface area contributed by atoms with E-state index < -0.39 is 6.04 Å². The third-order valence-corrected chi connectivity index (χ3v) is 5.55. The molecule has 0 saturated heterocycles. The molecule has 2 aromatic carbocycles. The van der Waals surface area contributed by atoms with Gasteiger partial charge in [-0.25, -0.2) is 0 Å². The first-order valence-electron chi connectivity index (χ1n) is 11.2. The van der Waals surface area contributed by atoms with Crippen molar-refractivity contribution >= 4 is 11.8 Å². The topological polar surface area (TPSA) is 58.6 Å². The van der Waals surface area contributed by atoms with E-state index in [4.69, 9.17) is 4.74 Å². The molecule has 0 bridgehead atoms. The van der Waals surface area contributed by atoms with E-state index in [0.29, 0.717) is 18.7 Å². The first-order valence-corrected chi connectivity index (χ1v) is 11.2. The number of aryl methyl sites for hydroxylation is 2. The summed E-state index contributed by atoms with van der Waals surface area (Å²) in [5.74, 6) is 0.328. The zero-order chi connectivity index (χ0) is 22.8. The number of benzene rings is 2. The summed E-state index contributed by atoms with van der Waals surface area (Å²) in [5.41, 5.74) is 3.36. The second-order valence-corrected chi connectivity index (χ2v) is 8.04. The van der Waals surface area contributed by atoms with Crippen molar-refractivity contribution in [1.82, 2.24) is 10.2 Å². The lowest BCUT2D eigenvalue weighted by Gasteiger charge is -2.31. The van der Waals surface area contributed by atoms with Crippen LogP contribution in [0.1, 0.15) is 57.2 Å². The van der Waals surface area contributed by atoms with Gasteiger partial charge >= 0.3 is 0 Å². The van der Waals surface area contributed by atoms with Crippen molar-refractivity contribution in [3.63, 3.8) is 0 Å². The van der Waals surface area contributed by atoms with Crippen LogP contribution in [0.2, 0.25) is 0 Å². The molecule has 0 saturated carbocycles. The van der Waals surface area contributed by atoms with E-state index in [-0.39, 0.29) is 24.5 Å². The first kappa shape index (κ1) is 24.4. The van der Waals surface area contributed by atoms with Crippen LogP contribution in [-0.2, 0) is 22.6 Å². The highest BCUT2D eigenvalue weighted by Gasteiger charge is 2.29. The normalized spacial score (nSPS) is 12.7. The number of rotatable bonds is 11. The fourth-order valence-corrected chi connectivity index (χ4v) is 3.30. The average molecular weight is 425 g/mol. The Balaban J connectivity index is 2.18. The predicted molar refractivity (Wildman–Crippen MR) is 125 cm³/mol. The molecule has 0 aromatic heterocycles. The molecule has 2 aromatic rings. The Morgan fingerprint density at radius 2 is 1.55 bits per heavy atom. The number of hydrogen-bond donors (Lipinski definition) is 1. The summed E-state index contributed by atoms with van der Waals surface area (Å²) in [7, 11) is 0. The minimum atomic E-state index is -0.547. The van der Waals surface area contributed by atoms with Crippen molar-refractivity contribution in [2.24, 2.45) is 0 Å². The van der Waals surface area contributed by atoms with Gasteiger partial charge in [-0.15, -0.1) is 0 Å². The number of amides is 2. The number of ether oxygens (including phenoxy) is 1. The molecular formula is C26H36N2O3. The Morgan fingerprint density at radius 3 is 2.10 bits per heavy atom. The van der Waals surface area contributed by atoms with Crippen LogP contribution in [0.3, 0.4) is 0 Å². The third kappa shape index (κ3) is 7.42. The van der Waals surface area contributed by atoms with E-state index in [9.17, 15) is 9.59 Å². The van der Waals surface area contributed by atoms with E-state index in [2.05, 4.69) is 12.2 Å². The van der Waals surface area contributed by atoms with Crippen LogP contribution in [0.25, 0.3) is 0 Å². The third-order valence-electron chi connectivity index (χ3n) is 5.55. The van der Waals surface area contributed by atoms with Crippen LogP contribution in [0.5, 0.6) is 5.75 Å². The molecule has 2 atom stereocenters. The van der Waals surface area contributed by atoms with Crippen LogP contribution in [-0.4, -0.2) is 35.4 Å². The van der Waals surface area contributed by atoms with Gasteiger partial charge in [0.25, 0.3) is 5.91 Å². The zero-order valence-corrected chi connectivity index (χ0v) is 19.5. The number of nitrogens with one attached hydrogen (secondary N) is 1. The first-order chi connectivity index (χ1) is 14.9. The lowest BCUT2D eigenvalue weighted by Crippen LogP contribution is -2.51. The molecular weight excluding hydrogens is 388 g/mol. The Hall–Kier alpha value is -2.82. The summed E-state index contributed by atoms with van der Waals surface area (Å²) in [6.07, 6.45) is 2.32. The predicted octanol–water partition coefficient (Wildman–Crippen LogP) is 4.66. The van der Waals surface area contributed by atoms with Crippen LogP contribution in [0.4, 0.5) is 0 Å². The Labute approximate surface area is 186 Å². The summed E-state index contributed by atoms with van der Waals surface area (Å²) in [4.78, 5) is 27.8. The summed E-state index contributed by atoms with van der Waals surface area (Å²) >= 11 is 0. The Kier molecular flexibility index (Phi) is 9.57. The SMILES string of the molecule is CCc1ccc(OCC(=O)N(Cc2ccc(C)cc2)[C@H](CC)C(=O)N[C@H](C)CC)cc1. The van der Waals surface area contributed by atoms with Crippen molar-refractivity contribution in [3.8, 4) is 5.75 Å². The molecule has 0 aliphatic carbocycles. The van der Waals surface area contributed by atoms with Crippen LogP contribution >= 0.6 is 0 Å². The van der Waals surface area contributed by atoms with E-state index in [1.165, 1.54) is 5.56 Å². The van der Waals surface area contributed by atoms with Crippen molar-refractivity contribution in [2.45, 2.75) is 72.5 Å². The highest BCUT2D eigenvalue weighted by Crippen LogP contribution is 2.16. The zero-order valence-electron chi connectivity index (χ0n) is 19.5. The standard InChI is InChI=1S/C26H36N2O3/c1-6-20(5)27-26(30)24(8-3)28(17-22-11-9-19(4)10-12-22)25(29)18-31-23-15-13-21(7-2)14-16-23/h9-16,20,24H,6-8,17-18H2,1-5H3,(H,27,30)/t20-,24-/m1/s1. The quantitative estimate of drug-likeness (QED) is 0.571. The van der Waals surface area contributed by atoms with Gasteiger partial charge < -0.3 is 15.0 Å². The number of nitrogens with zero attached hydrogens (tertiary/aromatic N) is 1. The molecule has 0 radical (unpaired) electrons. The highest BCUT2D eigenvalue weighted by molar-refractivity contribution is 5.88. The monoisotopic (exact) mass is 424 g/mol. The van der Waals surface area contributed by atoms with Gasteiger partial charge in [-0.3, -0.25) is 9.59 Å². The molecule has 0 heterocycles. The number of hydrogen-bond acceptors (Lipinski definition) is 3. The molecule has 0 aliphatic heterocycles. The van der Waals surface area contributed by atoms with Crippen molar-refractivity contribution < 1.29 is 14.3 Å². The summed E-state index contributed by atoms with van der Waals surface area (Å²) in [5, 5.41) is 3.02. The maximum Gasteiger partial charge on any atom is 0.261 e. The second kappa shape index (κ2) is 12.1. The summed E-state index contributed by atoms with van der Waals surface area (Å²) in [6.45, 7) is 10.3. The molecule has 31 heavy (non-hydrogen) atoms. The van der Waals surface area contributed by atoms with E-state index >= 15 is 0 Å². The van der Waals surface area contributed by atoms with Gasteiger partial charge in [0.05, 0.1) is 0 Å². The molecule has 168 valence electrons. The Bertz CT molecular complexity index is 831. The largest absolute Gasteiger partial charge is 0.484 e. The van der Waals surface area contributed by atoms with Gasteiger partial charge in [-0.05, 0) is 56.4 Å². The van der Waals surface area contributed by atoms with Crippen molar-refractivity contribution in [2.75, 3.05) is 6.61 Å². The highest BCUT2D eigenvalue weighted by atomic mass is 16.5. The van der Waals surface area contributed by atoms with Crippen LogP contribution in [0, 0.1) is 6.92 Å². The number of carbonyl (C=O) groups excluding carboxylic acids is 2. The van der Waals surface area contributed by atoms with Crippen molar-refractivity contribution in [1.29, 1.82) is 0 Å². The molecule has 5 nitrogen and oxygen atoms in total. The molecule has 0 spiro atoms. The maximum atomic E-state index is 13.2. The minimum absolute atomic E-state index is 0.0613. The van der Waals surface area contributed by atoms with Crippen molar-refractivity contribution in [3.05, 3.63) is 65.2 Å². The summed E-state index contributed by atoms with van der Waals surface area (Å²) in [6, 6.07) is 15.3. The second-order valence-electron chi connectivity index (χ2n) is 8.04. The molecule has 2 rings (SSSR count). The van der Waals surface area contributed by atoms with E-state index in [0.717, 1.165) is 24.0 Å². The smallest absolute Gasteiger partial charge is 0.261 e. The Morgan fingerprint density at radius 1 is 0.935 bits per heavy atom. The van der Waals surface area contributed by atoms with Crippen LogP contribution < -0.4 is 10.1 Å². The van der Waals surface area contributed by atoms with Gasteiger partial charge in [-0.2, -0.15) is 0 Å². The maximum absolute atomic E-state index is 13.2.